The van der Waals surface area contributed by atoms with E-state index in [1.54, 1.807) is 9.42 Å². The fourth-order valence-electron chi connectivity index (χ4n) is 3.15. The van der Waals surface area contributed by atoms with Crippen LogP contribution < -0.4 is 9.80 Å². The van der Waals surface area contributed by atoms with Crippen LogP contribution in [0.5, 0.6) is 0 Å². The number of hydrogen-bond acceptors (Lipinski definition) is 6. The summed E-state index contributed by atoms with van der Waals surface area (Å²) < 4.78 is 41.3. The number of hydrogen-bond donors (Lipinski definition) is 0. The molecule has 1 aliphatic heterocycles. The molecule has 1 saturated heterocycles. The minimum atomic E-state index is -4.42. The Kier molecular flexibility index (Phi) is 3.89. The lowest BCUT2D eigenvalue weighted by Crippen LogP contribution is -2.48. The summed E-state index contributed by atoms with van der Waals surface area (Å²) >= 11 is 0. The molecule has 7 nitrogen and oxygen atoms in total. The third kappa shape index (κ3) is 2.91. The second kappa shape index (κ2) is 6.11. The largest absolute Gasteiger partial charge is 0.419 e. The van der Waals surface area contributed by atoms with Gasteiger partial charge in [-0.15, -0.1) is 0 Å². The quantitative estimate of drug-likeness (QED) is 0.695. The molecule has 0 amide bonds. The van der Waals surface area contributed by atoms with Gasteiger partial charge in [-0.1, -0.05) is 0 Å². The zero-order valence-electron chi connectivity index (χ0n) is 14.0. The molecule has 1 aliphatic rings. The van der Waals surface area contributed by atoms with Gasteiger partial charge in [0.15, 0.2) is 0 Å². The number of aromatic nitrogens is 5. The topological polar surface area (TPSA) is 62.5 Å². The predicted octanol–water partition coefficient (Wildman–Crippen LogP) is 2.17. The monoisotopic (exact) mass is 363 g/mol. The Morgan fingerprint density at radius 2 is 1.77 bits per heavy atom. The molecule has 0 unspecified atom stereocenters. The number of halogens is 3. The van der Waals surface area contributed by atoms with Gasteiger partial charge in [-0.2, -0.15) is 27.8 Å². The van der Waals surface area contributed by atoms with Crippen molar-refractivity contribution in [3.63, 3.8) is 0 Å². The third-order valence-electron chi connectivity index (χ3n) is 4.36. The van der Waals surface area contributed by atoms with Crippen LogP contribution in [0.25, 0.3) is 5.78 Å². The summed E-state index contributed by atoms with van der Waals surface area (Å²) in [5.74, 6) is 1.32. The molecule has 0 atom stereocenters. The molecule has 26 heavy (non-hydrogen) atoms. The Labute approximate surface area is 147 Å². The van der Waals surface area contributed by atoms with Gasteiger partial charge in [-0.05, 0) is 19.1 Å². The predicted molar refractivity (Wildman–Crippen MR) is 89.2 cm³/mol. The van der Waals surface area contributed by atoms with Crippen LogP contribution >= 0.6 is 0 Å². The first-order chi connectivity index (χ1) is 12.4. The zero-order chi connectivity index (χ0) is 18.3. The average Bonchev–Trinajstić information content (AvgIpc) is 3.09. The first-order valence-electron chi connectivity index (χ1n) is 8.13. The van der Waals surface area contributed by atoms with E-state index in [0.29, 0.717) is 32.0 Å². The van der Waals surface area contributed by atoms with Crippen LogP contribution in [-0.2, 0) is 6.18 Å². The lowest BCUT2D eigenvalue weighted by atomic mass is 10.2. The first kappa shape index (κ1) is 16.6. The molecule has 10 heteroatoms. The highest BCUT2D eigenvalue weighted by Crippen LogP contribution is 2.35. The number of nitrogens with zero attached hydrogens (tertiary/aromatic N) is 7. The summed E-state index contributed by atoms with van der Waals surface area (Å²) in [6.45, 7) is 3.83. The molecule has 0 radical (unpaired) electrons. The molecule has 3 aromatic rings. The van der Waals surface area contributed by atoms with E-state index in [1.807, 2.05) is 13.0 Å². The minimum Gasteiger partial charge on any atom is -0.353 e. The Bertz CT molecular complexity index is 929. The van der Waals surface area contributed by atoms with Gasteiger partial charge in [0.05, 0.1) is 5.56 Å². The highest BCUT2D eigenvalue weighted by Gasteiger charge is 2.36. The molecule has 0 N–H and O–H groups in total. The van der Waals surface area contributed by atoms with Crippen LogP contribution in [-0.4, -0.2) is 50.7 Å². The summed E-state index contributed by atoms with van der Waals surface area (Å²) in [6, 6.07) is 4.28. The molecule has 0 bridgehead atoms. The number of fused-ring (bicyclic) bond motifs is 1. The summed E-state index contributed by atoms with van der Waals surface area (Å²) in [7, 11) is 0. The fraction of sp³-hybridized carbons (Fsp3) is 0.375. The molecule has 0 aromatic carbocycles. The van der Waals surface area contributed by atoms with E-state index in [4.69, 9.17) is 0 Å². The van der Waals surface area contributed by atoms with Gasteiger partial charge in [0.25, 0.3) is 5.78 Å². The Morgan fingerprint density at radius 3 is 2.50 bits per heavy atom. The lowest BCUT2D eigenvalue weighted by Gasteiger charge is -2.37. The lowest BCUT2D eigenvalue weighted by molar-refractivity contribution is -0.137. The van der Waals surface area contributed by atoms with Crippen molar-refractivity contribution in [3.8, 4) is 0 Å². The van der Waals surface area contributed by atoms with Crippen molar-refractivity contribution < 1.29 is 13.2 Å². The van der Waals surface area contributed by atoms with Gasteiger partial charge in [0.1, 0.15) is 18.0 Å². The maximum atomic E-state index is 13.2. The maximum Gasteiger partial charge on any atom is 0.419 e. The second-order valence-corrected chi connectivity index (χ2v) is 6.07. The van der Waals surface area contributed by atoms with E-state index in [2.05, 4.69) is 25.0 Å². The van der Waals surface area contributed by atoms with Crippen LogP contribution in [0.1, 0.15) is 11.3 Å². The maximum absolute atomic E-state index is 13.2. The van der Waals surface area contributed by atoms with Crippen molar-refractivity contribution in [2.45, 2.75) is 13.1 Å². The van der Waals surface area contributed by atoms with Crippen molar-refractivity contribution in [3.05, 3.63) is 42.0 Å². The first-order valence-corrected chi connectivity index (χ1v) is 8.13. The van der Waals surface area contributed by atoms with Crippen LogP contribution in [0.3, 0.4) is 0 Å². The number of anilines is 2. The summed E-state index contributed by atoms with van der Waals surface area (Å²) in [4.78, 5) is 16.1. The van der Waals surface area contributed by atoms with Crippen LogP contribution in [0.2, 0.25) is 0 Å². The number of piperazine rings is 1. The van der Waals surface area contributed by atoms with Crippen LogP contribution in [0.15, 0.2) is 30.7 Å². The van der Waals surface area contributed by atoms with E-state index in [1.165, 1.54) is 18.6 Å². The van der Waals surface area contributed by atoms with Gasteiger partial charge < -0.3 is 9.80 Å². The molecule has 4 heterocycles. The van der Waals surface area contributed by atoms with E-state index in [-0.39, 0.29) is 5.82 Å². The fourth-order valence-corrected chi connectivity index (χ4v) is 3.15. The SMILES string of the molecule is Cc1cc(N2CCN(c3ncccc3C(F)(F)F)CC2)n2ncnc2n1. The molecule has 1 fully saturated rings. The molecular weight excluding hydrogens is 347 g/mol. The normalized spacial score (nSPS) is 15.7. The third-order valence-corrected chi connectivity index (χ3v) is 4.36. The summed E-state index contributed by atoms with van der Waals surface area (Å²) in [6.07, 6.45) is -1.59. The summed E-state index contributed by atoms with van der Waals surface area (Å²) in [5.41, 5.74) is 0.110. The Morgan fingerprint density at radius 1 is 1.04 bits per heavy atom. The van der Waals surface area contributed by atoms with Crippen molar-refractivity contribution in [2.75, 3.05) is 36.0 Å². The molecular formula is C16H16F3N7. The average molecular weight is 363 g/mol. The highest BCUT2D eigenvalue weighted by atomic mass is 19.4. The van der Waals surface area contributed by atoms with Crippen molar-refractivity contribution in [1.29, 1.82) is 0 Å². The van der Waals surface area contributed by atoms with Gasteiger partial charge >= 0.3 is 6.18 Å². The van der Waals surface area contributed by atoms with Crippen molar-refractivity contribution in [1.82, 2.24) is 24.6 Å². The molecule has 4 rings (SSSR count). The molecule has 3 aromatic heterocycles. The smallest absolute Gasteiger partial charge is 0.353 e. The van der Waals surface area contributed by atoms with Crippen molar-refractivity contribution in [2.24, 2.45) is 0 Å². The van der Waals surface area contributed by atoms with Crippen LogP contribution in [0.4, 0.5) is 24.8 Å². The van der Waals surface area contributed by atoms with E-state index >= 15 is 0 Å². The standard InChI is InChI=1S/C16H16F3N7/c1-11-9-13(26-15(23-11)21-10-22-26)24-5-7-25(8-6-24)14-12(16(17,18)19)3-2-4-20-14/h2-4,9-10H,5-8H2,1H3. The van der Waals surface area contributed by atoms with E-state index < -0.39 is 11.7 Å². The van der Waals surface area contributed by atoms with Crippen molar-refractivity contribution >= 4 is 17.4 Å². The molecule has 0 aliphatic carbocycles. The number of alkyl halides is 3. The van der Waals surface area contributed by atoms with Crippen LogP contribution in [0, 0.1) is 6.92 Å². The van der Waals surface area contributed by atoms with Gasteiger partial charge in [-0.3, -0.25) is 0 Å². The van der Waals surface area contributed by atoms with Gasteiger partial charge in [-0.25, -0.2) is 9.97 Å². The Balaban J connectivity index is 1.58. The zero-order valence-corrected chi connectivity index (χ0v) is 14.0. The number of pyridine rings is 1. The second-order valence-electron chi connectivity index (χ2n) is 6.07. The number of aryl methyl sites for hydroxylation is 1. The van der Waals surface area contributed by atoms with E-state index in [9.17, 15) is 13.2 Å². The Hall–Kier alpha value is -2.91. The van der Waals surface area contributed by atoms with Gasteiger partial charge in [0.2, 0.25) is 0 Å². The molecule has 136 valence electrons. The minimum absolute atomic E-state index is 0.0172. The molecule has 0 saturated carbocycles. The molecule has 0 spiro atoms. The summed E-state index contributed by atoms with van der Waals surface area (Å²) in [5, 5.41) is 4.19. The highest BCUT2D eigenvalue weighted by molar-refractivity contribution is 5.52. The van der Waals surface area contributed by atoms with E-state index in [0.717, 1.165) is 17.6 Å². The number of rotatable bonds is 2. The van der Waals surface area contributed by atoms with Gasteiger partial charge in [0, 0.05) is 44.1 Å².